The molecule has 1 aliphatic rings. The van der Waals surface area contributed by atoms with Gasteiger partial charge in [-0.1, -0.05) is 13.8 Å². The van der Waals surface area contributed by atoms with Gasteiger partial charge in [-0.15, -0.1) is 0 Å². The Morgan fingerprint density at radius 2 is 2.18 bits per heavy atom. The van der Waals surface area contributed by atoms with Crippen molar-refractivity contribution in [2.45, 2.75) is 13.8 Å². The molecule has 1 aliphatic carbocycles. The lowest BCUT2D eigenvalue weighted by Crippen LogP contribution is -2.03. The highest BCUT2D eigenvalue weighted by Gasteiger charge is 2.61. The Kier molecular flexibility index (Phi) is 2.19. The Labute approximate surface area is 71.4 Å². The molecule has 3 heteroatoms. The Hall–Kier alpha value is -0.180. The molecule has 0 aromatic rings. The van der Waals surface area contributed by atoms with Gasteiger partial charge >= 0.3 is 5.97 Å². The quantitative estimate of drug-likeness (QED) is 0.707. The van der Waals surface area contributed by atoms with Crippen molar-refractivity contribution in [1.82, 2.24) is 0 Å². The molecule has 0 amide bonds. The Morgan fingerprint density at radius 1 is 1.64 bits per heavy atom. The van der Waals surface area contributed by atoms with Crippen molar-refractivity contribution in [1.29, 1.82) is 0 Å². The first-order chi connectivity index (χ1) is 5.01. The fraction of sp³-hybridized carbons (Fsp3) is 0.875. The van der Waals surface area contributed by atoms with Crippen LogP contribution in [0.15, 0.2) is 0 Å². The van der Waals surface area contributed by atoms with Gasteiger partial charge in [-0.3, -0.25) is 4.79 Å². The highest BCUT2D eigenvalue weighted by Crippen LogP contribution is 2.59. The first-order valence-electron chi connectivity index (χ1n) is 3.73. The van der Waals surface area contributed by atoms with Crippen LogP contribution in [0, 0.1) is 17.3 Å². The number of carboxylic acids is 1. The molecule has 0 aromatic heterocycles. The van der Waals surface area contributed by atoms with E-state index in [1.165, 1.54) is 0 Å². The van der Waals surface area contributed by atoms with Crippen LogP contribution < -0.4 is 0 Å². The van der Waals surface area contributed by atoms with Crippen molar-refractivity contribution in [2.24, 2.45) is 17.3 Å². The molecule has 11 heavy (non-hydrogen) atoms. The van der Waals surface area contributed by atoms with Crippen LogP contribution in [-0.2, 0) is 4.79 Å². The third-order valence-electron chi connectivity index (χ3n) is 2.66. The molecule has 2 nitrogen and oxygen atoms in total. The van der Waals surface area contributed by atoms with Crippen LogP contribution in [-0.4, -0.2) is 23.1 Å². The van der Waals surface area contributed by atoms with Crippen LogP contribution in [0.3, 0.4) is 0 Å². The molecule has 1 N–H and O–H groups in total. The summed E-state index contributed by atoms with van der Waals surface area (Å²) in [5.41, 5.74) is 0.0366. The van der Waals surface area contributed by atoms with Gasteiger partial charge in [-0.2, -0.15) is 11.8 Å². The molecule has 0 aliphatic heterocycles. The van der Waals surface area contributed by atoms with E-state index in [9.17, 15) is 4.79 Å². The zero-order valence-corrected chi connectivity index (χ0v) is 7.94. The summed E-state index contributed by atoms with van der Waals surface area (Å²) >= 11 is 1.73. The summed E-state index contributed by atoms with van der Waals surface area (Å²) in [4.78, 5) is 10.7. The van der Waals surface area contributed by atoms with Crippen LogP contribution in [0.5, 0.6) is 0 Å². The van der Waals surface area contributed by atoms with Crippen molar-refractivity contribution < 1.29 is 9.90 Å². The second-order valence-corrected chi connectivity index (χ2v) is 4.61. The zero-order valence-electron chi connectivity index (χ0n) is 7.13. The molecule has 1 rings (SSSR count). The SMILES string of the molecule is CSCC1C(C(=O)O)C1(C)C. The summed E-state index contributed by atoms with van der Waals surface area (Å²) in [6.45, 7) is 4.07. The van der Waals surface area contributed by atoms with Gasteiger partial charge in [-0.25, -0.2) is 0 Å². The number of thioether (sulfide) groups is 1. The van der Waals surface area contributed by atoms with E-state index in [2.05, 4.69) is 0 Å². The van der Waals surface area contributed by atoms with Gasteiger partial charge in [0.15, 0.2) is 0 Å². The molecule has 2 atom stereocenters. The molecule has 0 heterocycles. The monoisotopic (exact) mass is 174 g/mol. The fourth-order valence-electron chi connectivity index (χ4n) is 1.73. The normalized spacial score (nSPS) is 33.4. The van der Waals surface area contributed by atoms with Gasteiger partial charge < -0.3 is 5.11 Å². The average Bonchev–Trinajstić information content (AvgIpc) is 2.35. The summed E-state index contributed by atoms with van der Waals surface area (Å²) in [5.74, 6) is 0.628. The summed E-state index contributed by atoms with van der Waals surface area (Å²) in [5, 5.41) is 8.78. The van der Waals surface area contributed by atoms with E-state index < -0.39 is 5.97 Å². The number of carboxylic acid groups (broad SMARTS) is 1. The maximum Gasteiger partial charge on any atom is 0.307 e. The standard InChI is InChI=1S/C8H14O2S/c1-8(2)5(4-11-3)6(8)7(9)10/h5-6H,4H2,1-3H3,(H,9,10). The van der Waals surface area contributed by atoms with Crippen molar-refractivity contribution in [2.75, 3.05) is 12.0 Å². The zero-order chi connectivity index (χ0) is 8.65. The third-order valence-corrected chi connectivity index (χ3v) is 3.36. The highest BCUT2D eigenvalue weighted by atomic mass is 32.2. The predicted octanol–water partition coefficient (Wildman–Crippen LogP) is 1.71. The first kappa shape index (κ1) is 8.91. The van der Waals surface area contributed by atoms with Crippen LogP contribution >= 0.6 is 11.8 Å². The maximum absolute atomic E-state index is 10.7. The second kappa shape index (κ2) is 2.70. The summed E-state index contributed by atoms with van der Waals surface area (Å²) in [6.07, 6.45) is 2.02. The van der Waals surface area contributed by atoms with Crippen LogP contribution in [0.2, 0.25) is 0 Å². The number of hydrogen-bond acceptors (Lipinski definition) is 2. The lowest BCUT2D eigenvalue weighted by molar-refractivity contribution is -0.139. The summed E-state index contributed by atoms with van der Waals surface area (Å²) in [6, 6.07) is 0. The van der Waals surface area contributed by atoms with Crippen molar-refractivity contribution in [3.8, 4) is 0 Å². The van der Waals surface area contributed by atoms with E-state index in [4.69, 9.17) is 5.11 Å². The minimum Gasteiger partial charge on any atom is -0.481 e. The smallest absolute Gasteiger partial charge is 0.307 e. The molecule has 1 fully saturated rings. The third kappa shape index (κ3) is 1.39. The molecular formula is C8H14O2S. The van der Waals surface area contributed by atoms with Gasteiger partial charge in [-0.05, 0) is 23.3 Å². The molecule has 2 unspecified atom stereocenters. The Balaban J connectivity index is 2.53. The van der Waals surface area contributed by atoms with E-state index >= 15 is 0 Å². The van der Waals surface area contributed by atoms with Gasteiger partial charge in [0.2, 0.25) is 0 Å². The highest BCUT2D eigenvalue weighted by molar-refractivity contribution is 7.98. The van der Waals surface area contributed by atoms with Crippen LogP contribution in [0.1, 0.15) is 13.8 Å². The van der Waals surface area contributed by atoms with Gasteiger partial charge in [0, 0.05) is 0 Å². The molecule has 0 spiro atoms. The van der Waals surface area contributed by atoms with Gasteiger partial charge in [0.05, 0.1) is 5.92 Å². The largest absolute Gasteiger partial charge is 0.481 e. The molecular weight excluding hydrogens is 160 g/mol. The molecule has 64 valence electrons. The predicted molar refractivity (Wildman–Crippen MR) is 46.8 cm³/mol. The molecule has 0 bridgehead atoms. The van der Waals surface area contributed by atoms with Gasteiger partial charge in [0.1, 0.15) is 0 Å². The van der Waals surface area contributed by atoms with E-state index in [1.54, 1.807) is 11.8 Å². The van der Waals surface area contributed by atoms with Crippen LogP contribution in [0.4, 0.5) is 0 Å². The lowest BCUT2D eigenvalue weighted by atomic mass is 10.1. The number of aliphatic carboxylic acids is 1. The minimum absolute atomic E-state index is 0.0366. The average molecular weight is 174 g/mol. The minimum atomic E-state index is -0.631. The van der Waals surface area contributed by atoms with Crippen molar-refractivity contribution >= 4 is 17.7 Å². The number of carbonyl (C=O) groups is 1. The number of hydrogen-bond donors (Lipinski definition) is 1. The van der Waals surface area contributed by atoms with E-state index in [0.29, 0.717) is 5.92 Å². The maximum atomic E-state index is 10.7. The van der Waals surface area contributed by atoms with Crippen molar-refractivity contribution in [3.63, 3.8) is 0 Å². The summed E-state index contributed by atoms with van der Waals surface area (Å²) < 4.78 is 0. The number of rotatable bonds is 3. The van der Waals surface area contributed by atoms with Gasteiger partial charge in [0.25, 0.3) is 0 Å². The van der Waals surface area contributed by atoms with Crippen molar-refractivity contribution in [3.05, 3.63) is 0 Å². The first-order valence-corrected chi connectivity index (χ1v) is 5.13. The Bertz CT molecular complexity index is 177. The Morgan fingerprint density at radius 3 is 2.45 bits per heavy atom. The molecule has 0 radical (unpaired) electrons. The fourth-order valence-corrected chi connectivity index (χ4v) is 2.71. The van der Waals surface area contributed by atoms with Crippen LogP contribution in [0.25, 0.3) is 0 Å². The lowest BCUT2D eigenvalue weighted by Gasteiger charge is -1.98. The second-order valence-electron chi connectivity index (χ2n) is 3.70. The van der Waals surface area contributed by atoms with E-state index in [-0.39, 0.29) is 11.3 Å². The topological polar surface area (TPSA) is 37.3 Å². The summed E-state index contributed by atoms with van der Waals surface area (Å²) in [7, 11) is 0. The molecule has 1 saturated carbocycles. The van der Waals surface area contributed by atoms with E-state index in [1.807, 2.05) is 20.1 Å². The van der Waals surface area contributed by atoms with E-state index in [0.717, 1.165) is 5.75 Å². The molecule has 0 aromatic carbocycles. The molecule has 0 saturated heterocycles.